The predicted octanol–water partition coefficient (Wildman–Crippen LogP) is 3.44. The van der Waals surface area contributed by atoms with Gasteiger partial charge in [-0.15, -0.1) is 0 Å². The van der Waals surface area contributed by atoms with Crippen LogP contribution in [0.5, 0.6) is 0 Å². The molecule has 0 aliphatic carbocycles. The second-order valence-corrected chi connectivity index (χ2v) is 8.46. The zero-order chi connectivity index (χ0) is 22.2. The molecule has 1 saturated heterocycles. The molecular weight excluding hydrogens is 414 g/mol. The van der Waals surface area contributed by atoms with Crippen LogP contribution in [0.3, 0.4) is 0 Å². The SMILES string of the molecule is CC(=O)NC(CC(=O)NCc1cccc(CN2CCOC(C)C2)c1)c1ccc(Cl)cc1. The molecule has 2 N–H and O–H groups in total. The molecule has 2 unspecified atom stereocenters. The highest BCUT2D eigenvalue weighted by Gasteiger charge is 2.18. The number of ether oxygens (including phenoxy) is 1. The third kappa shape index (κ3) is 7.65. The molecule has 0 aromatic heterocycles. The van der Waals surface area contributed by atoms with E-state index >= 15 is 0 Å². The molecule has 0 radical (unpaired) electrons. The molecule has 1 heterocycles. The van der Waals surface area contributed by atoms with Crippen molar-refractivity contribution in [1.82, 2.24) is 15.5 Å². The van der Waals surface area contributed by atoms with Gasteiger partial charge in [0.1, 0.15) is 0 Å². The normalized spacial score (nSPS) is 17.7. The van der Waals surface area contributed by atoms with Crippen LogP contribution in [0.4, 0.5) is 0 Å². The van der Waals surface area contributed by atoms with Gasteiger partial charge in [0, 0.05) is 38.1 Å². The van der Waals surface area contributed by atoms with Crippen LogP contribution in [0.15, 0.2) is 48.5 Å². The van der Waals surface area contributed by atoms with Crippen molar-refractivity contribution in [2.75, 3.05) is 19.7 Å². The van der Waals surface area contributed by atoms with E-state index in [-0.39, 0.29) is 24.3 Å². The van der Waals surface area contributed by atoms with Crippen molar-refractivity contribution in [1.29, 1.82) is 0 Å². The molecular formula is C24H30ClN3O3. The summed E-state index contributed by atoms with van der Waals surface area (Å²) in [5, 5.41) is 6.43. The number of hydrogen-bond acceptors (Lipinski definition) is 4. The predicted molar refractivity (Wildman–Crippen MR) is 122 cm³/mol. The summed E-state index contributed by atoms with van der Waals surface area (Å²) >= 11 is 5.95. The lowest BCUT2D eigenvalue weighted by Crippen LogP contribution is -2.40. The maximum absolute atomic E-state index is 12.6. The number of nitrogens with zero attached hydrogens (tertiary/aromatic N) is 1. The zero-order valence-corrected chi connectivity index (χ0v) is 18.8. The van der Waals surface area contributed by atoms with Crippen molar-refractivity contribution in [2.45, 2.75) is 45.5 Å². The van der Waals surface area contributed by atoms with E-state index in [4.69, 9.17) is 16.3 Å². The van der Waals surface area contributed by atoms with Crippen LogP contribution in [0.25, 0.3) is 0 Å². The molecule has 166 valence electrons. The van der Waals surface area contributed by atoms with E-state index in [9.17, 15) is 9.59 Å². The highest BCUT2D eigenvalue weighted by Crippen LogP contribution is 2.20. The third-order valence-electron chi connectivity index (χ3n) is 5.25. The molecule has 1 aliphatic heterocycles. The summed E-state index contributed by atoms with van der Waals surface area (Å²) in [4.78, 5) is 26.6. The molecule has 0 bridgehead atoms. The summed E-state index contributed by atoms with van der Waals surface area (Å²) in [6.07, 6.45) is 0.417. The summed E-state index contributed by atoms with van der Waals surface area (Å²) in [6, 6.07) is 15.0. The van der Waals surface area contributed by atoms with Crippen molar-refractivity contribution in [2.24, 2.45) is 0 Å². The fraction of sp³-hybridized carbons (Fsp3) is 0.417. The quantitative estimate of drug-likeness (QED) is 0.655. The molecule has 0 saturated carbocycles. The van der Waals surface area contributed by atoms with Crippen LogP contribution in [0.1, 0.15) is 43.0 Å². The largest absolute Gasteiger partial charge is 0.376 e. The smallest absolute Gasteiger partial charge is 0.222 e. The molecule has 3 rings (SSSR count). The van der Waals surface area contributed by atoms with Gasteiger partial charge in [0.25, 0.3) is 0 Å². The highest BCUT2D eigenvalue weighted by molar-refractivity contribution is 6.30. The van der Waals surface area contributed by atoms with Crippen molar-refractivity contribution < 1.29 is 14.3 Å². The summed E-state index contributed by atoms with van der Waals surface area (Å²) < 4.78 is 5.61. The maximum atomic E-state index is 12.6. The minimum atomic E-state index is -0.399. The standard InChI is InChI=1S/C24H30ClN3O3/c1-17-15-28(10-11-31-17)16-20-5-3-4-19(12-20)14-26-24(30)13-23(27-18(2)29)21-6-8-22(25)9-7-21/h3-9,12,17,23H,10-11,13-16H2,1-2H3,(H,26,30)(H,27,29). The van der Waals surface area contributed by atoms with Gasteiger partial charge in [0.2, 0.25) is 11.8 Å². The number of hydrogen-bond donors (Lipinski definition) is 2. The number of benzene rings is 2. The summed E-state index contributed by atoms with van der Waals surface area (Å²) in [5.74, 6) is -0.306. The highest BCUT2D eigenvalue weighted by atomic mass is 35.5. The van der Waals surface area contributed by atoms with Gasteiger partial charge >= 0.3 is 0 Å². The van der Waals surface area contributed by atoms with E-state index < -0.39 is 6.04 Å². The topological polar surface area (TPSA) is 70.7 Å². The minimum Gasteiger partial charge on any atom is -0.376 e. The molecule has 6 nitrogen and oxygen atoms in total. The summed E-state index contributed by atoms with van der Waals surface area (Å²) in [7, 11) is 0. The van der Waals surface area contributed by atoms with Gasteiger partial charge in [-0.25, -0.2) is 0 Å². The lowest BCUT2D eigenvalue weighted by atomic mass is 10.0. The van der Waals surface area contributed by atoms with Gasteiger partial charge in [0.15, 0.2) is 0 Å². The third-order valence-corrected chi connectivity index (χ3v) is 5.50. The number of morpholine rings is 1. The van der Waals surface area contributed by atoms with Crippen molar-refractivity contribution in [3.05, 3.63) is 70.2 Å². The monoisotopic (exact) mass is 443 g/mol. The molecule has 2 amide bonds. The fourth-order valence-corrected chi connectivity index (χ4v) is 3.91. The summed E-state index contributed by atoms with van der Waals surface area (Å²) in [5.41, 5.74) is 3.12. The van der Waals surface area contributed by atoms with Crippen molar-refractivity contribution >= 4 is 23.4 Å². The molecule has 1 aliphatic rings. The molecule has 7 heteroatoms. The van der Waals surface area contributed by atoms with Crippen molar-refractivity contribution in [3.63, 3.8) is 0 Å². The number of carbonyl (C=O) groups is 2. The zero-order valence-electron chi connectivity index (χ0n) is 18.1. The first-order valence-corrected chi connectivity index (χ1v) is 11.0. The van der Waals surface area contributed by atoms with E-state index in [1.165, 1.54) is 12.5 Å². The van der Waals surface area contributed by atoms with E-state index in [0.717, 1.165) is 37.4 Å². The van der Waals surface area contributed by atoms with E-state index in [2.05, 4.69) is 34.6 Å². The van der Waals surface area contributed by atoms with Crippen molar-refractivity contribution in [3.8, 4) is 0 Å². The Morgan fingerprint density at radius 3 is 2.65 bits per heavy atom. The Morgan fingerprint density at radius 1 is 1.19 bits per heavy atom. The van der Waals surface area contributed by atoms with Crippen LogP contribution in [0.2, 0.25) is 5.02 Å². The van der Waals surface area contributed by atoms with Crippen LogP contribution < -0.4 is 10.6 Å². The Labute approximate surface area is 188 Å². The Hall–Kier alpha value is -2.41. The fourth-order valence-electron chi connectivity index (χ4n) is 3.78. The lowest BCUT2D eigenvalue weighted by molar-refractivity contribution is -0.122. The number of carbonyl (C=O) groups excluding carboxylic acids is 2. The first kappa shape index (κ1) is 23.3. The number of rotatable bonds is 8. The number of amides is 2. The van der Waals surface area contributed by atoms with Crippen LogP contribution in [-0.4, -0.2) is 42.5 Å². The molecule has 2 aromatic rings. The van der Waals surface area contributed by atoms with Gasteiger partial charge in [-0.3, -0.25) is 14.5 Å². The Morgan fingerprint density at radius 2 is 1.94 bits per heavy atom. The van der Waals surface area contributed by atoms with Crippen LogP contribution in [0, 0.1) is 0 Å². The Kier molecular flexibility index (Phi) is 8.46. The molecule has 0 spiro atoms. The Balaban J connectivity index is 1.55. The van der Waals surface area contributed by atoms with Crippen LogP contribution in [-0.2, 0) is 27.4 Å². The maximum Gasteiger partial charge on any atom is 0.222 e. The summed E-state index contributed by atoms with van der Waals surface area (Å²) in [6.45, 7) is 7.48. The van der Waals surface area contributed by atoms with Gasteiger partial charge in [0.05, 0.1) is 25.2 Å². The Bertz CT molecular complexity index is 888. The second kappa shape index (κ2) is 11.3. The molecule has 31 heavy (non-hydrogen) atoms. The lowest BCUT2D eigenvalue weighted by Gasteiger charge is -2.31. The number of nitrogens with one attached hydrogen (secondary N) is 2. The molecule has 1 fully saturated rings. The van der Waals surface area contributed by atoms with Gasteiger partial charge in [-0.05, 0) is 35.7 Å². The van der Waals surface area contributed by atoms with E-state index in [1.807, 2.05) is 24.3 Å². The first-order valence-electron chi connectivity index (χ1n) is 10.6. The van der Waals surface area contributed by atoms with Crippen LogP contribution >= 0.6 is 11.6 Å². The van der Waals surface area contributed by atoms with Gasteiger partial charge in [-0.2, -0.15) is 0 Å². The average molecular weight is 444 g/mol. The average Bonchev–Trinajstić information content (AvgIpc) is 2.72. The van der Waals surface area contributed by atoms with E-state index in [1.54, 1.807) is 12.1 Å². The van der Waals surface area contributed by atoms with E-state index in [0.29, 0.717) is 11.6 Å². The van der Waals surface area contributed by atoms with Gasteiger partial charge in [-0.1, -0.05) is 48.0 Å². The van der Waals surface area contributed by atoms with Gasteiger partial charge < -0.3 is 15.4 Å². The molecule has 2 aromatic carbocycles. The number of halogens is 1. The first-order chi connectivity index (χ1) is 14.9. The minimum absolute atomic E-state index is 0.124. The molecule has 2 atom stereocenters. The second-order valence-electron chi connectivity index (χ2n) is 8.02.